The average Bonchev–Trinajstić information content (AvgIpc) is 3.17. The van der Waals surface area contributed by atoms with Crippen LogP contribution in [0.4, 0.5) is 5.69 Å². The number of carbonyl (C=O) groups is 1. The van der Waals surface area contributed by atoms with E-state index < -0.39 is 17.0 Å². The molecule has 8 nitrogen and oxygen atoms in total. The summed E-state index contributed by atoms with van der Waals surface area (Å²) in [5.41, 5.74) is 2.54. The largest absolute Gasteiger partial charge is 0.452 e. The van der Waals surface area contributed by atoms with Gasteiger partial charge in [-0.3, -0.25) is 10.1 Å². The van der Waals surface area contributed by atoms with E-state index in [-0.39, 0.29) is 17.8 Å². The molecule has 1 unspecified atom stereocenters. The minimum absolute atomic E-state index is 0.0877. The fourth-order valence-electron chi connectivity index (χ4n) is 3.00. The zero-order valence-corrected chi connectivity index (χ0v) is 15.2. The van der Waals surface area contributed by atoms with Gasteiger partial charge in [-0.25, -0.2) is 9.48 Å². The Morgan fingerprint density at radius 1 is 1.00 bits per heavy atom. The molecule has 1 aromatic heterocycles. The number of ether oxygens (including phenoxy) is 1. The maximum atomic E-state index is 12.7. The van der Waals surface area contributed by atoms with Gasteiger partial charge in [0.1, 0.15) is 11.6 Å². The number of para-hydroxylation sites is 1. The number of hydrogen-bond donors (Lipinski definition) is 0. The zero-order chi connectivity index (χ0) is 20.2. The third-order valence-electron chi connectivity index (χ3n) is 4.49. The number of rotatable bonds is 6. The number of non-ortho nitro benzene ring substituents is 1. The molecule has 29 heavy (non-hydrogen) atoms. The van der Waals surface area contributed by atoms with Crippen LogP contribution in [0.2, 0.25) is 0 Å². The van der Waals surface area contributed by atoms with Crippen LogP contribution in [0, 0.1) is 10.1 Å². The maximum absolute atomic E-state index is 12.7. The van der Waals surface area contributed by atoms with Crippen LogP contribution < -0.4 is 0 Å². The Bertz CT molecular complexity index is 1160. The number of nitro benzene ring substituents is 1. The molecule has 4 rings (SSSR count). The summed E-state index contributed by atoms with van der Waals surface area (Å²) in [6.45, 7) is 0.281. The van der Waals surface area contributed by atoms with Crippen molar-refractivity contribution in [3.05, 3.63) is 100 Å². The average molecular weight is 388 g/mol. The first-order chi connectivity index (χ1) is 14.1. The molecule has 0 bridgehead atoms. The number of aromatic nitrogens is 3. The first-order valence-electron chi connectivity index (χ1n) is 8.90. The Morgan fingerprint density at radius 3 is 2.41 bits per heavy atom. The van der Waals surface area contributed by atoms with Crippen LogP contribution >= 0.6 is 0 Å². The second kappa shape index (κ2) is 7.89. The van der Waals surface area contributed by atoms with Crippen LogP contribution in [0.25, 0.3) is 11.0 Å². The van der Waals surface area contributed by atoms with Crippen molar-refractivity contribution in [2.24, 2.45) is 0 Å². The number of esters is 1. The highest BCUT2D eigenvalue weighted by molar-refractivity contribution is 5.89. The van der Waals surface area contributed by atoms with Gasteiger partial charge in [0, 0.05) is 12.1 Å². The number of nitro groups is 1. The van der Waals surface area contributed by atoms with Crippen molar-refractivity contribution < 1.29 is 14.5 Å². The van der Waals surface area contributed by atoms with E-state index in [1.807, 2.05) is 54.6 Å². The number of carbonyl (C=O) groups excluding carboxylic acids is 1. The highest BCUT2D eigenvalue weighted by atomic mass is 16.6. The molecule has 0 saturated heterocycles. The molecule has 0 radical (unpaired) electrons. The van der Waals surface area contributed by atoms with Gasteiger partial charge in [-0.05, 0) is 29.8 Å². The predicted octanol–water partition coefficient (Wildman–Crippen LogP) is 3.94. The van der Waals surface area contributed by atoms with Crippen molar-refractivity contribution in [3.63, 3.8) is 0 Å². The second-order valence-corrected chi connectivity index (χ2v) is 6.37. The summed E-state index contributed by atoms with van der Waals surface area (Å²) in [5, 5.41) is 19.1. The first-order valence-corrected chi connectivity index (χ1v) is 8.90. The van der Waals surface area contributed by atoms with E-state index >= 15 is 0 Å². The van der Waals surface area contributed by atoms with Crippen LogP contribution in [-0.4, -0.2) is 25.9 Å². The third-order valence-corrected chi connectivity index (χ3v) is 4.49. The highest BCUT2D eigenvalue weighted by Crippen LogP contribution is 2.23. The molecule has 144 valence electrons. The summed E-state index contributed by atoms with van der Waals surface area (Å²) < 4.78 is 7.44. The van der Waals surface area contributed by atoms with Gasteiger partial charge >= 0.3 is 5.97 Å². The van der Waals surface area contributed by atoms with Crippen molar-refractivity contribution in [2.45, 2.75) is 12.6 Å². The predicted molar refractivity (Wildman–Crippen MR) is 105 cm³/mol. The monoisotopic (exact) mass is 388 g/mol. The van der Waals surface area contributed by atoms with Gasteiger partial charge < -0.3 is 4.74 Å². The minimum atomic E-state index is -0.607. The minimum Gasteiger partial charge on any atom is -0.452 e. The van der Waals surface area contributed by atoms with Gasteiger partial charge in [-0.2, -0.15) is 0 Å². The van der Waals surface area contributed by atoms with Crippen molar-refractivity contribution in [3.8, 4) is 0 Å². The first kappa shape index (κ1) is 18.3. The quantitative estimate of drug-likeness (QED) is 0.282. The molecular formula is C21H16N4O4. The molecule has 0 spiro atoms. The molecule has 0 aliphatic carbocycles. The molecule has 0 amide bonds. The molecule has 0 aliphatic heterocycles. The lowest BCUT2D eigenvalue weighted by molar-refractivity contribution is -0.384. The van der Waals surface area contributed by atoms with Crippen molar-refractivity contribution in [1.29, 1.82) is 0 Å². The van der Waals surface area contributed by atoms with Crippen LogP contribution in [-0.2, 0) is 11.3 Å². The third kappa shape index (κ3) is 3.96. The fraction of sp³-hybridized carbons (Fsp3) is 0.0952. The van der Waals surface area contributed by atoms with Gasteiger partial charge in [0.2, 0.25) is 0 Å². The summed E-state index contributed by atoms with van der Waals surface area (Å²) in [5.74, 6) is -0.571. The van der Waals surface area contributed by atoms with Gasteiger partial charge in [-0.1, -0.05) is 47.7 Å². The lowest BCUT2D eigenvalue weighted by atomic mass is 10.1. The van der Waals surface area contributed by atoms with E-state index in [1.54, 1.807) is 4.68 Å². The SMILES string of the molecule is O=C(OC(Cn1nnc2ccccc21)c1ccccc1)c1ccc([N+](=O)[O-])cc1. The Hall–Kier alpha value is -4.07. The highest BCUT2D eigenvalue weighted by Gasteiger charge is 2.21. The van der Waals surface area contributed by atoms with E-state index in [4.69, 9.17) is 4.74 Å². The molecule has 4 aromatic rings. The lowest BCUT2D eigenvalue weighted by Gasteiger charge is -2.18. The van der Waals surface area contributed by atoms with E-state index in [0.717, 1.165) is 16.6 Å². The molecule has 0 saturated carbocycles. The fourth-order valence-corrected chi connectivity index (χ4v) is 3.00. The summed E-state index contributed by atoms with van der Waals surface area (Å²) in [4.78, 5) is 23.0. The topological polar surface area (TPSA) is 100 Å². The van der Waals surface area contributed by atoms with Crippen LogP contribution in [0.5, 0.6) is 0 Å². The summed E-state index contributed by atoms with van der Waals surface area (Å²) in [6.07, 6.45) is -0.607. The van der Waals surface area contributed by atoms with E-state index in [1.165, 1.54) is 24.3 Å². The molecular weight excluding hydrogens is 372 g/mol. The number of nitrogens with zero attached hydrogens (tertiary/aromatic N) is 4. The number of hydrogen-bond acceptors (Lipinski definition) is 6. The summed E-state index contributed by atoms with van der Waals surface area (Å²) in [6, 6.07) is 22.2. The van der Waals surface area contributed by atoms with Gasteiger partial charge in [0.25, 0.3) is 5.69 Å². The number of benzene rings is 3. The molecule has 8 heteroatoms. The normalized spacial score (nSPS) is 11.9. The molecule has 1 heterocycles. The second-order valence-electron chi connectivity index (χ2n) is 6.37. The Kier molecular flexibility index (Phi) is 4.98. The smallest absolute Gasteiger partial charge is 0.338 e. The molecule has 3 aromatic carbocycles. The summed E-state index contributed by atoms with van der Waals surface area (Å²) >= 11 is 0. The van der Waals surface area contributed by atoms with E-state index in [2.05, 4.69) is 10.3 Å². The Balaban J connectivity index is 1.61. The van der Waals surface area contributed by atoms with Crippen molar-refractivity contribution in [1.82, 2.24) is 15.0 Å². The van der Waals surface area contributed by atoms with Crippen LogP contribution in [0.3, 0.4) is 0 Å². The zero-order valence-electron chi connectivity index (χ0n) is 15.2. The lowest BCUT2D eigenvalue weighted by Crippen LogP contribution is -2.18. The Labute approximate surface area is 165 Å². The summed E-state index contributed by atoms with van der Waals surface area (Å²) in [7, 11) is 0. The van der Waals surface area contributed by atoms with E-state index in [9.17, 15) is 14.9 Å². The molecule has 0 aliphatic rings. The Morgan fingerprint density at radius 2 is 1.69 bits per heavy atom. The maximum Gasteiger partial charge on any atom is 0.338 e. The van der Waals surface area contributed by atoms with Gasteiger partial charge in [-0.15, -0.1) is 5.10 Å². The molecule has 0 N–H and O–H groups in total. The van der Waals surface area contributed by atoms with Gasteiger partial charge in [0.15, 0.2) is 0 Å². The van der Waals surface area contributed by atoms with Crippen LogP contribution in [0.15, 0.2) is 78.9 Å². The van der Waals surface area contributed by atoms with Crippen molar-refractivity contribution >= 4 is 22.7 Å². The molecule has 0 fully saturated rings. The van der Waals surface area contributed by atoms with E-state index in [0.29, 0.717) is 0 Å². The van der Waals surface area contributed by atoms with Gasteiger partial charge in [0.05, 0.1) is 22.5 Å². The molecule has 1 atom stereocenters. The standard InChI is InChI=1S/C21H16N4O4/c26-21(16-10-12-17(13-11-16)25(27)28)29-20(15-6-2-1-3-7-15)14-24-19-9-5-4-8-18(19)22-23-24/h1-13,20H,14H2. The van der Waals surface area contributed by atoms with Crippen LogP contribution in [0.1, 0.15) is 22.0 Å². The number of fused-ring (bicyclic) bond motifs is 1. The van der Waals surface area contributed by atoms with Crippen molar-refractivity contribution in [2.75, 3.05) is 0 Å².